The second kappa shape index (κ2) is 7.14. The van der Waals surface area contributed by atoms with E-state index >= 15 is 0 Å². The fourth-order valence-electron chi connectivity index (χ4n) is 2.19. The molecule has 0 atom stereocenters. The number of carbonyl (C=O) groups is 2. The number of hydrogen-bond acceptors (Lipinski definition) is 6. The molecule has 116 valence electrons. The normalized spacial score (nSPS) is 16.8. The maximum atomic E-state index is 11.8. The van der Waals surface area contributed by atoms with E-state index in [0.717, 1.165) is 25.9 Å². The summed E-state index contributed by atoms with van der Waals surface area (Å²) < 4.78 is 1.22. The van der Waals surface area contributed by atoms with E-state index in [1.54, 1.807) is 0 Å². The molecule has 0 aliphatic carbocycles. The highest BCUT2D eigenvalue weighted by atomic mass is 16.4. The summed E-state index contributed by atoms with van der Waals surface area (Å²) in [6.45, 7) is 2.02. The summed E-state index contributed by atoms with van der Waals surface area (Å²) in [4.78, 5) is 24.4. The molecule has 0 saturated carbocycles. The van der Waals surface area contributed by atoms with Crippen LogP contribution in [-0.2, 0) is 22.7 Å². The van der Waals surface area contributed by atoms with Crippen LogP contribution in [0.3, 0.4) is 0 Å². The number of amides is 1. The minimum atomic E-state index is -0.987. The lowest BCUT2D eigenvalue weighted by molar-refractivity contribution is -0.138. The van der Waals surface area contributed by atoms with Crippen LogP contribution in [0.1, 0.15) is 18.5 Å². The van der Waals surface area contributed by atoms with Crippen LogP contribution >= 0.6 is 0 Å². The van der Waals surface area contributed by atoms with Gasteiger partial charge in [-0.15, -0.1) is 5.10 Å². The Morgan fingerprint density at radius 3 is 2.76 bits per heavy atom. The van der Waals surface area contributed by atoms with Gasteiger partial charge in [0.15, 0.2) is 0 Å². The number of hydrogen-bond donors (Lipinski definition) is 3. The number of aromatic nitrogens is 3. The Balaban J connectivity index is 1.71. The molecular formula is C12H20N6O3. The van der Waals surface area contributed by atoms with Crippen molar-refractivity contribution in [3.63, 3.8) is 0 Å². The molecule has 9 nitrogen and oxygen atoms in total. The zero-order valence-electron chi connectivity index (χ0n) is 11.7. The molecule has 1 aliphatic heterocycles. The number of aliphatic carboxylic acids is 1. The Bertz CT molecular complexity index is 495. The summed E-state index contributed by atoms with van der Waals surface area (Å²) in [6, 6.07) is 0.244. The van der Waals surface area contributed by atoms with Crippen molar-refractivity contribution in [1.29, 1.82) is 0 Å². The lowest BCUT2D eigenvalue weighted by atomic mass is 10.1. The van der Waals surface area contributed by atoms with Crippen LogP contribution < -0.4 is 11.1 Å². The predicted octanol–water partition coefficient (Wildman–Crippen LogP) is -1.60. The minimum absolute atomic E-state index is 0.0849. The minimum Gasteiger partial charge on any atom is -0.480 e. The highest BCUT2D eigenvalue weighted by Gasteiger charge is 2.18. The van der Waals surface area contributed by atoms with Crippen molar-refractivity contribution in [2.24, 2.45) is 5.73 Å². The quantitative estimate of drug-likeness (QED) is 0.577. The Morgan fingerprint density at radius 1 is 1.38 bits per heavy atom. The van der Waals surface area contributed by atoms with Gasteiger partial charge in [0.25, 0.3) is 0 Å². The van der Waals surface area contributed by atoms with Crippen molar-refractivity contribution in [3.05, 3.63) is 11.9 Å². The maximum Gasteiger partial charge on any atom is 0.325 e. The van der Waals surface area contributed by atoms with Crippen LogP contribution in [0.25, 0.3) is 0 Å². The van der Waals surface area contributed by atoms with E-state index in [0.29, 0.717) is 12.2 Å². The number of nitrogens with two attached hydrogens (primary N) is 1. The summed E-state index contributed by atoms with van der Waals surface area (Å²) in [5.41, 5.74) is 6.35. The number of nitrogens with one attached hydrogen (secondary N) is 1. The van der Waals surface area contributed by atoms with E-state index in [2.05, 4.69) is 20.5 Å². The van der Waals surface area contributed by atoms with Crippen molar-refractivity contribution < 1.29 is 14.7 Å². The molecule has 2 rings (SSSR count). The number of carbonyl (C=O) groups excluding carboxylic acids is 1. The van der Waals surface area contributed by atoms with Gasteiger partial charge in [-0.3, -0.25) is 14.5 Å². The Morgan fingerprint density at radius 2 is 2.10 bits per heavy atom. The van der Waals surface area contributed by atoms with Crippen LogP contribution in [-0.4, -0.2) is 62.6 Å². The van der Waals surface area contributed by atoms with Crippen LogP contribution in [0.4, 0.5) is 0 Å². The van der Waals surface area contributed by atoms with E-state index in [1.165, 1.54) is 10.9 Å². The lowest BCUT2D eigenvalue weighted by Gasteiger charge is -2.29. The summed E-state index contributed by atoms with van der Waals surface area (Å²) in [5, 5.41) is 18.8. The zero-order valence-corrected chi connectivity index (χ0v) is 11.7. The summed E-state index contributed by atoms with van der Waals surface area (Å²) in [6.07, 6.45) is 3.34. The average Bonchev–Trinajstić information content (AvgIpc) is 2.86. The predicted molar refractivity (Wildman–Crippen MR) is 73.2 cm³/mol. The molecule has 2 heterocycles. The zero-order chi connectivity index (χ0) is 15.2. The fourth-order valence-corrected chi connectivity index (χ4v) is 2.19. The highest BCUT2D eigenvalue weighted by Crippen LogP contribution is 2.07. The van der Waals surface area contributed by atoms with Crippen LogP contribution in [0.15, 0.2) is 6.20 Å². The van der Waals surface area contributed by atoms with Crippen LogP contribution in [0.2, 0.25) is 0 Å². The number of carboxylic acid groups (broad SMARTS) is 1. The second-order valence-corrected chi connectivity index (χ2v) is 5.19. The van der Waals surface area contributed by atoms with E-state index in [1.807, 2.05) is 0 Å². The van der Waals surface area contributed by atoms with Crippen molar-refractivity contribution in [1.82, 2.24) is 25.2 Å². The number of rotatable bonds is 6. The first-order valence-electron chi connectivity index (χ1n) is 6.88. The molecule has 1 fully saturated rings. The lowest BCUT2D eigenvalue weighted by Crippen LogP contribution is -2.44. The first-order valence-corrected chi connectivity index (χ1v) is 6.88. The van der Waals surface area contributed by atoms with Gasteiger partial charge >= 0.3 is 5.97 Å². The molecule has 21 heavy (non-hydrogen) atoms. The topological polar surface area (TPSA) is 126 Å². The van der Waals surface area contributed by atoms with Gasteiger partial charge in [-0.05, 0) is 12.8 Å². The van der Waals surface area contributed by atoms with Crippen molar-refractivity contribution in [3.8, 4) is 0 Å². The van der Waals surface area contributed by atoms with Gasteiger partial charge in [0.05, 0.1) is 19.3 Å². The number of piperidine rings is 1. The monoisotopic (exact) mass is 296 g/mol. The van der Waals surface area contributed by atoms with Gasteiger partial charge < -0.3 is 16.2 Å². The molecule has 0 unspecified atom stereocenters. The third-order valence-electron chi connectivity index (χ3n) is 3.35. The molecule has 0 spiro atoms. The third kappa shape index (κ3) is 5.12. The molecule has 0 bridgehead atoms. The summed E-state index contributed by atoms with van der Waals surface area (Å²) >= 11 is 0. The summed E-state index contributed by atoms with van der Waals surface area (Å²) in [5.74, 6) is -1.07. The van der Waals surface area contributed by atoms with E-state index in [4.69, 9.17) is 10.8 Å². The van der Waals surface area contributed by atoms with Crippen LogP contribution in [0, 0.1) is 0 Å². The van der Waals surface area contributed by atoms with Crippen molar-refractivity contribution >= 4 is 11.9 Å². The molecule has 4 N–H and O–H groups in total. The molecule has 0 aromatic carbocycles. The number of nitrogens with zero attached hydrogens (tertiary/aromatic N) is 4. The Hall–Kier alpha value is -2.00. The smallest absolute Gasteiger partial charge is 0.325 e. The first-order chi connectivity index (χ1) is 10.0. The summed E-state index contributed by atoms with van der Waals surface area (Å²) in [7, 11) is 0. The van der Waals surface area contributed by atoms with E-state index in [9.17, 15) is 9.59 Å². The van der Waals surface area contributed by atoms with Gasteiger partial charge in [-0.25, -0.2) is 4.68 Å². The maximum absolute atomic E-state index is 11.8. The van der Waals surface area contributed by atoms with Gasteiger partial charge in [0.1, 0.15) is 12.2 Å². The molecule has 1 amide bonds. The molecular weight excluding hydrogens is 276 g/mol. The van der Waals surface area contributed by atoms with Gasteiger partial charge in [0, 0.05) is 19.1 Å². The largest absolute Gasteiger partial charge is 0.480 e. The van der Waals surface area contributed by atoms with E-state index in [-0.39, 0.29) is 25.0 Å². The van der Waals surface area contributed by atoms with Crippen molar-refractivity contribution in [2.45, 2.75) is 32.0 Å². The van der Waals surface area contributed by atoms with Gasteiger partial charge in [0.2, 0.25) is 5.91 Å². The first kappa shape index (κ1) is 15.4. The standard InChI is InChI=1S/C12H20N6O3/c13-9-1-3-17(4-2-9)7-11(19)14-5-10-6-18(16-15-10)8-12(20)21/h6,9H,1-5,7-8,13H2,(H,14,19)(H,20,21). The molecule has 9 heteroatoms. The third-order valence-corrected chi connectivity index (χ3v) is 3.35. The second-order valence-electron chi connectivity index (χ2n) is 5.19. The highest BCUT2D eigenvalue weighted by molar-refractivity contribution is 5.77. The molecule has 1 aliphatic rings. The Kier molecular flexibility index (Phi) is 5.23. The SMILES string of the molecule is NC1CCN(CC(=O)NCc2cn(CC(=O)O)nn2)CC1. The number of likely N-dealkylation sites (tertiary alicyclic amines) is 1. The molecule has 1 aromatic heterocycles. The molecule has 0 radical (unpaired) electrons. The van der Waals surface area contributed by atoms with E-state index < -0.39 is 5.97 Å². The van der Waals surface area contributed by atoms with Gasteiger partial charge in [-0.1, -0.05) is 5.21 Å². The fraction of sp³-hybridized carbons (Fsp3) is 0.667. The average molecular weight is 296 g/mol. The Labute approximate surface area is 122 Å². The number of carboxylic acids is 1. The molecule has 1 saturated heterocycles. The van der Waals surface area contributed by atoms with Gasteiger partial charge in [-0.2, -0.15) is 0 Å². The van der Waals surface area contributed by atoms with Crippen molar-refractivity contribution in [2.75, 3.05) is 19.6 Å². The van der Waals surface area contributed by atoms with Crippen LogP contribution in [0.5, 0.6) is 0 Å². The molecule has 1 aromatic rings.